The first kappa shape index (κ1) is 13.3. The van der Waals surface area contributed by atoms with Crippen LogP contribution < -0.4 is 5.32 Å². The average molecular weight is 253 g/mol. The van der Waals surface area contributed by atoms with Crippen LogP contribution in [-0.2, 0) is 0 Å². The second-order valence-corrected chi connectivity index (χ2v) is 4.04. The molecule has 1 rings (SSSR count). The Labute approximate surface area is 105 Å². The zero-order valence-electron chi connectivity index (χ0n) is 9.40. The molecule has 0 aliphatic rings. The molecule has 0 bridgehead atoms. The van der Waals surface area contributed by atoms with E-state index >= 15 is 0 Å². The smallest absolute Gasteiger partial charge is 0.255 e. The Morgan fingerprint density at radius 1 is 1.65 bits per heavy atom. The Kier molecular flexibility index (Phi) is 4.80. The molecule has 0 aliphatic heterocycles. The first-order chi connectivity index (χ1) is 8.08. The number of rotatable bonds is 4. The number of benzene rings is 1. The second kappa shape index (κ2) is 6.12. The Morgan fingerprint density at radius 2 is 2.35 bits per heavy atom. The van der Waals surface area contributed by atoms with Gasteiger partial charge in [-0.3, -0.25) is 4.79 Å². The van der Waals surface area contributed by atoms with Crippen LogP contribution >= 0.6 is 11.6 Å². The quantitative estimate of drug-likeness (QED) is 0.865. The van der Waals surface area contributed by atoms with Crippen LogP contribution in [0.2, 0.25) is 5.02 Å². The molecule has 1 atom stereocenters. The lowest BCUT2D eigenvalue weighted by Gasteiger charge is -2.14. The Hall–Kier alpha value is -1.73. The van der Waals surface area contributed by atoms with Crippen LogP contribution in [0, 0.1) is 11.3 Å². The van der Waals surface area contributed by atoms with Crippen LogP contribution in [0.25, 0.3) is 0 Å². The Balaban J connectivity index is 2.79. The summed E-state index contributed by atoms with van der Waals surface area (Å²) in [5, 5.41) is 21.2. The monoisotopic (exact) mass is 252 g/mol. The van der Waals surface area contributed by atoms with Gasteiger partial charge in [0.25, 0.3) is 5.91 Å². The van der Waals surface area contributed by atoms with Gasteiger partial charge in [0, 0.05) is 11.1 Å². The van der Waals surface area contributed by atoms with Gasteiger partial charge in [0.05, 0.1) is 18.1 Å². The molecule has 0 aliphatic carbocycles. The van der Waals surface area contributed by atoms with Crippen molar-refractivity contribution in [3.8, 4) is 11.8 Å². The first-order valence-electron chi connectivity index (χ1n) is 5.24. The van der Waals surface area contributed by atoms with E-state index in [0.29, 0.717) is 11.4 Å². The zero-order chi connectivity index (χ0) is 12.8. The highest BCUT2D eigenvalue weighted by atomic mass is 35.5. The number of nitriles is 1. The number of amides is 1. The summed E-state index contributed by atoms with van der Waals surface area (Å²) in [5.41, 5.74) is 0.158. The molecule has 0 heterocycles. The van der Waals surface area contributed by atoms with Crippen molar-refractivity contribution in [2.45, 2.75) is 25.8 Å². The van der Waals surface area contributed by atoms with Gasteiger partial charge in [-0.1, -0.05) is 18.5 Å². The number of nitrogens with zero attached hydrogens (tertiary/aromatic N) is 1. The molecule has 4 nitrogen and oxygen atoms in total. The van der Waals surface area contributed by atoms with Crippen molar-refractivity contribution >= 4 is 17.5 Å². The predicted molar refractivity (Wildman–Crippen MR) is 64.9 cm³/mol. The van der Waals surface area contributed by atoms with Crippen molar-refractivity contribution < 1.29 is 9.90 Å². The van der Waals surface area contributed by atoms with Crippen LogP contribution in [0.15, 0.2) is 18.2 Å². The van der Waals surface area contributed by atoms with Crippen molar-refractivity contribution in [1.29, 1.82) is 5.26 Å². The highest BCUT2D eigenvalue weighted by Crippen LogP contribution is 2.21. The number of carbonyl (C=O) groups excluding carboxylic acids is 1. The van der Waals surface area contributed by atoms with E-state index in [1.807, 2.05) is 13.0 Å². The van der Waals surface area contributed by atoms with Gasteiger partial charge in [0.15, 0.2) is 0 Å². The Bertz CT molecular complexity index is 454. The fourth-order valence-corrected chi connectivity index (χ4v) is 1.53. The standard InChI is InChI=1S/C12H13ClN2O2/c1-2-9(5-6-14)15-12(17)10-4-3-8(13)7-11(10)16/h3-4,7,9,16H,2,5H2,1H3,(H,15,17). The molecule has 2 N–H and O–H groups in total. The predicted octanol–water partition coefficient (Wildman–Crippen LogP) is 2.47. The fourth-order valence-electron chi connectivity index (χ4n) is 1.37. The summed E-state index contributed by atoms with van der Waals surface area (Å²) in [6.45, 7) is 1.88. The van der Waals surface area contributed by atoms with Gasteiger partial charge in [-0.05, 0) is 24.6 Å². The lowest BCUT2D eigenvalue weighted by Crippen LogP contribution is -2.34. The van der Waals surface area contributed by atoms with Crippen molar-refractivity contribution in [2.75, 3.05) is 0 Å². The molecular formula is C12H13ClN2O2. The number of carbonyl (C=O) groups is 1. The third-order valence-electron chi connectivity index (χ3n) is 2.37. The van der Waals surface area contributed by atoms with E-state index in [4.69, 9.17) is 16.9 Å². The van der Waals surface area contributed by atoms with Crippen molar-refractivity contribution in [3.63, 3.8) is 0 Å². The number of phenols is 1. The third-order valence-corrected chi connectivity index (χ3v) is 2.61. The number of hydrogen-bond donors (Lipinski definition) is 2. The molecule has 0 aromatic heterocycles. The number of aromatic hydroxyl groups is 1. The fraction of sp³-hybridized carbons (Fsp3) is 0.333. The molecule has 0 saturated heterocycles. The zero-order valence-corrected chi connectivity index (χ0v) is 10.2. The van der Waals surface area contributed by atoms with Gasteiger partial charge < -0.3 is 10.4 Å². The molecule has 1 amide bonds. The van der Waals surface area contributed by atoms with E-state index in [9.17, 15) is 9.90 Å². The molecule has 1 unspecified atom stereocenters. The van der Waals surface area contributed by atoms with Gasteiger partial charge in [0.1, 0.15) is 5.75 Å². The number of hydrogen-bond acceptors (Lipinski definition) is 3. The summed E-state index contributed by atoms with van der Waals surface area (Å²) in [6.07, 6.45) is 0.907. The van der Waals surface area contributed by atoms with Gasteiger partial charge in [-0.15, -0.1) is 0 Å². The van der Waals surface area contributed by atoms with E-state index in [1.54, 1.807) is 0 Å². The van der Waals surface area contributed by atoms with Gasteiger partial charge in [0.2, 0.25) is 0 Å². The van der Waals surface area contributed by atoms with Crippen LogP contribution in [0.1, 0.15) is 30.1 Å². The molecule has 17 heavy (non-hydrogen) atoms. The van der Waals surface area contributed by atoms with Crippen molar-refractivity contribution in [1.82, 2.24) is 5.32 Å². The van der Waals surface area contributed by atoms with Crippen molar-refractivity contribution in [2.24, 2.45) is 0 Å². The normalized spacial score (nSPS) is 11.6. The maximum atomic E-state index is 11.8. The van der Waals surface area contributed by atoms with E-state index in [-0.39, 0.29) is 23.8 Å². The van der Waals surface area contributed by atoms with Crippen molar-refractivity contribution in [3.05, 3.63) is 28.8 Å². The summed E-state index contributed by atoms with van der Waals surface area (Å²) >= 11 is 5.67. The average Bonchev–Trinajstić information content (AvgIpc) is 2.28. The second-order valence-electron chi connectivity index (χ2n) is 3.60. The molecule has 1 aromatic carbocycles. The molecule has 0 fully saturated rings. The van der Waals surface area contributed by atoms with E-state index in [2.05, 4.69) is 5.32 Å². The summed E-state index contributed by atoms with van der Waals surface area (Å²) < 4.78 is 0. The Morgan fingerprint density at radius 3 is 2.88 bits per heavy atom. The lowest BCUT2D eigenvalue weighted by atomic mass is 10.1. The topological polar surface area (TPSA) is 73.1 Å². The van der Waals surface area contributed by atoms with Crippen LogP contribution in [0.5, 0.6) is 5.75 Å². The number of nitrogens with one attached hydrogen (secondary N) is 1. The molecule has 0 radical (unpaired) electrons. The van der Waals surface area contributed by atoms with Gasteiger partial charge in [-0.25, -0.2) is 0 Å². The third kappa shape index (κ3) is 3.65. The van der Waals surface area contributed by atoms with Gasteiger partial charge >= 0.3 is 0 Å². The highest BCUT2D eigenvalue weighted by molar-refractivity contribution is 6.30. The largest absolute Gasteiger partial charge is 0.507 e. The molecular weight excluding hydrogens is 240 g/mol. The lowest BCUT2D eigenvalue weighted by molar-refractivity contribution is 0.0934. The maximum absolute atomic E-state index is 11.8. The minimum Gasteiger partial charge on any atom is -0.507 e. The molecule has 1 aromatic rings. The van der Waals surface area contributed by atoms with Crippen LogP contribution in [-0.4, -0.2) is 17.1 Å². The summed E-state index contributed by atoms with van der Waals surface area (Å²) in [4.78, 5) is 11.8. The molecule has 90 valence electrons. The first-order valence-corrected chi connectivity index (χ1v) is 5.62. The molecule has 0 saturated carbocycles. The SMILES string of the molecule is CCC(CC#N)NC(=O)c1ccc(Cl)cc1O. The van der Waals surface area contributed by atoms with Gasteiger partial charge in [-0.2, -0.15) is 5.26 Å². The maximum Gasteiger partial charge on any atom is 0.255 e. The number of halogens is 1. The van der Waals surface area contributed by atoms with Crippen LogP contribution in [0.4, 0.5) is 0 Å². The summed E-state index contributed by atoms with van der Waals surface area (Å²) in [5.74, 6) is -0.567. The summed E-state index contributed by atoms with van der Waals surface area (Å²) in [6, 6.07) is 6.08. The van der Waals surface area contributed by atoms with E-state index in [0.717, 1.165) is 0 Å². The highest BCUT2D eigenvalue weighted by Gasteiger charge is 2.15. The minimum absolute atomic E-state index is 0.158. The number of phenolic OH excluding ortho intramolecular Hbond substituents is 1. The van der Waals surface area contributed by atoms with Crippen LogP contribution in [0.3, 0.4) is 0 Å². The molecule has 5 heteroatoms. The molecule has 0 spiro atoms. The van der Waals surface area contributed by atoms with E-state index < -0.39 is 5.91 Å². The minimum atomic E-state index is -0.402. The van der Waals surface area contributed by atoms with E-state index in [1.165, 1.54) is 18.2 Å². The summed E-state index contributed by atoms with van der Waals surface area (Å²) in [7, 11) is 0.